The van der Waals surface area contributed by atoms with Crippen molar-refractivity contribution in [3.8, 4) is 22.9 Å². The highest BCUT2D eigenvalue weighted by Gasteiger charge is 2.13. The van der Waals surface area contributed by atoms with Crippen LogP contribution in [-0.4, -0.2) is 25.3 Å². The van der Waals surface area contributed by atoms with Gasteiger partial charge in [0.25, 0.3) is 0 Å². The maximum absolute atomic E-state index is 10.4. The molecule has 6 nitrogen and oxygen atoms in total. The number of phenolic OH excluding ortho intramolecular Hbond substituents is 1. The van der Waals surface area contributed by atoms with Crippen LogP contribution in [0.5, 0.6) is 11.5 Å². The maximum Gasteiger partial charge on any atom is 0.164 e. The van der Waals surface area contributed by atoms with Crippen LogP contribution in [0.15, 0.2) is 66.9 Å². The highest BCUT2D eigenvalue weighted by Crippen LogP contribution is 2.32. The van der Waals surface area contributed by atoms with Crippen molar-refractivity contribution in [2.75, 3.05) is 0 Å². The quantitative estimate of drug-likeness (QED) is 0.446. The summed E-state index contributed by atoms with van der Waals surface area (Å²) in [5, 5.41) is 17.5. The molecule has 0 unspecified atom stereocenters. The second kappa shape index (κ2) is 6.17. The fraction of sp³-hybridized carbons (Fsp3) is 0.0476. The van der Waals surface area contributed by atoms with Crippen LogP contribution in [0.25, 0.3) is 33.3 Å². The number of rotatable bonds is 4. The van der Waals surface area contributed by atoms with Gasteiger partial charge in [0.2, 0.25) is 0 Å². The van der Waals surface area contributed by atoms with Crippen LogP contribution in [0, 0.1) is 0 Å². The first kappa shape index (κ1) is 15.5. The van der Waals surface area contributed by atoms with Crippen molar-refractivity contribution in [1.82, 2.24) is 20.2 Å². The second-order valence-corrected chi connectivity index (χ2v) is 6.34. The Kier molecular flexibility index (Phi) is 3.53. The summed E-state index contributed by atoms with van der Waals surface area (Å²) in [5.41, 5.74) is 4.17. The van der Waals surface area contributed by atoms with Gasteiger partial charge in [-0.25, -0.2) is 9.97 Å². The predicted octanol–water partition coefficient (Wildman–Crippen LogP) is 4.39. The van der Waals surface area contributed by atoms with Crippen LogP contribution < -0.4 is 4.74 Å². The van der Waals surface area contributed by atoms with Gasteiger partial charge in [-0.3, -0.25) is 0 Å². The molecule has 0 bridgehead atoms. The van der Waals surface area contributed by atoms with Gasteiger partial charge in [0, 0.05) is 17.6 Å². The molecule has 2 aromatic heterocycles. The van der Waals surface area contributed by atoms with E-state index in [9.17, 15) is 5.11 Å². The number of aromatic hydroxyl groups is 1. The first-order chi connectivity index (χ1) is 13.3. The Morgan fingerprint density at radius 3 is 2.56 bits per heavy atom. The summed E-state index contributed by atoms with van der Waals surface area (Å²) in [6.07, 6.45) is 1.87. The summed E-state index contributed by atoms with van der Waals surface area (Å²) >= 11 is 0. The van der Waals surface area contributed by atoms with Crippen molar-refractivity contribution in [1.29, 1.82) is 0 Å². The van der Waals surface area contributed by atoms with Gasteiger partial charge in [-0.05, 0) is 29.8 Å². The van der Waals surface area contributed by atoms with Gasteiger partial charge in [0.1, 0.15) is 18.1 Å². The summed E-state index contributed by atoms with van der Waals surface area (Å²) in [7, 11) is 0. The van der Waals surface area contributed by atoms with Gasteiger partial charge in [-0.15, -0.1) is 0 Å². The molecule has 0 fully saturated rings. The van der Waals surface area contributed by atoms with Gasteiger partial charge in [-0.1, -0.05) is 30.3 Å². The van der Waals surface area contributed by atoms with Crippen molar-refractivity contribution in [2.45, 2.75) is 6.61 Å². The smallest absolute Gasteiger partial charge is 0.164 e. The molecule has 0 aliphatic carbocycles. The number of aromatic amines is 2. The van der Waals surface area contributed by atoms with Gasteiger partial charge in [0.15, 0.2) is 5.82 Å². The van der Waals surface area contributed by atoms with E-state index in [4.69, 9.17) is 4.74 Å². The van der Waals surface area contributed by atoms with E-state index in [0.29, 0.717) is 23.7 Å². The fourth-order valence-corrected chi connectivity index (χ4v) is 3.10. The molecular weight excluding hydrogens is 340 g/mol. The van der Waals surface area contributed by atoms with E-state index in [1.807, 2.05) is 54.7 Å². The second-order valence-electron chi connectivity index (χ2n) is 6.34. The normalized spacial score (nSPS) is 11.3. The number of H-pyrrole nitrogens is 2. The monoisotopic (exact) mass is 356 g/mol. The minimum absolute atomic E-state index is 0.0924. The van der Waals surface area contributed by atoms with Gasteiger partial charge in [0.05, 0.1) is 22.1 Å². The molecule has 3 aromatic carbocycles. The molecule has 0 saturated carbocycles. The third-order valence-electron chi connectivity index (χ3n) is 4.49. The molecule has 2 heterocycles. The Morgan fingerprint density at radius 1 is 0.926 bits per heavy atom. The number of phenols is 1. The number of ether oxygens (including phenoxy) is 1. The Labute approximate surface area is 154 Å². The number of nitrogens with one attached hydrogen (secondary N) is 2. The maximum atomic E-state index is 10.4. The number of fused-ring (bicyclic) bond motifs is 2. The van der Waals surface area contributed by atoms with E-state index in [2.05, 4.69) is 20.2 Å². The molecular formula is C21H16N4O2. The third-order valence-corrected chi connectivity index (χ3v) is 4.49. The van der Waals surface area contributed by atoms with Gasteiger partial charge in [-0.2, -0.15) is 0 Å². The van der Waals surface area contributed by atoms with Crippen LogP contribution in [0.3, 0.4) is 0 Å². The fourth-order valence-electron chi connectivity index (χ4n) is 3.10. The van der Waals surface area contributed by atoms with E-state index < -0.39 is 0 Å². The summed E-state index contributed by atoms with van der Waals surface area (Å²) < 4.78 is 5.76. The van der Waals surface area contributed by atoms with E-state index in [0.717, 1.165) is 27.5 Å². The molecule has 0 radical (unpaired) electrons. The number of benzene rings is 3. The van der Waals surface area contributed by atoms with Crippen molar-refractivity contribution in [3.63, 3.8) is 0 Å². The predicted molar refractivity (Wildman–Crippen MR) is 104 cm³/mol. The molecule has 0 amide bonds. The van der Waals surface area contributed by atoms with Crippen molar-refractivity contribution < 1.29 is 9.84 Å². The number of aromatic nitrogens is 4. The zero-order valence-electron chi connectivity index (χ0n) is 14.3. The number of hydrogen-bond acceptors (Lipinski definition) is 4. The molecule has 5 rings (SSSR count). The first-order valence-corrected chi connectivity index (χ1v) is 8.60. The topological polar surface area (TPSA) is 86.8 Å². The van der Waals surface area contributed by atoms with E-state index in [1.54, 1.807) is 12.1 Å². The average molecular weight is 356 g/mol. The SMILES string of the molecule is Oc1cc(OCc2ccccc2)ccc1-c1nc2cc3c[nH][nH]c3cc2n1. The number of hydrogen-bond donors (Lipinski definition) is 3. The summed E-state index contributed by atoms with van der Waals surface area (Å²) in [5.74, 6) is 1.18. The van der Waals surface area contributed by atoms with Crippen LogP contribution in [0.1, 0.15) is 5.56 Å². The van der Waals surface area contributed by atoms with Crippen molar-refractivity contribution >= 4 is 21.9 Å². The van der Waals surface area contributed by atoms with Crippen LogP contribution >= 0.6 is 0 Å². The molecule has 5 aromatic rings. The molecule has 0 saturated heterocycles. The van der Waals surface area contributed by atoms with Gasteiger partial charge < -0.3 is 20.0 Å². The average Bonchev–Trinajstić information content (AvgIpc) is 3.31. The lowest BCUT2D eigenvalue weighted by molar-refractivity contribution is 0.304. The Morgan fingerprint density at radius 2 is 1.74 bits per heavy atom. The molecule has 3 N–H and O–H groups in total. The van der Waals surface area contributed by atoms with Crippen molar-refractivity contribution in [2.24, 2.45) is 0 Å². The standard InChI is InChI=1S/C21H16N4O2/c26-20-9-15(27-12-13-4-2-1-3-5-13)6-7-16(20)21-23-18-8-14-11-22-25-17(14)10-19(18)24-21/h1-11,22,25-26H,12H2. The van der Waals surface area contributed by atoms with Crippen LogP contribution in [0.4, 0.5) is 0 Å². The zero-order chi connectivity index (χ0) is 18.2. The first-order valence-electron chi connectivity index (χ1n) is 8.60. The molecule has 0 atom stereocenters. The number of nitrogens with zero attached hydrogens (tertiary/aromatic N) is 2. The van der Waals surface area contributed by atoms with Gasteiger partial charge >= 0.3 is 0 Å². The third kappa shape index (κ3) is 2.87. The number of imidazole rings is 1. The van der Waals surface area contributed by atoms with Crippen molar-refractivity contribution in [3.05, 3.63) is 72.4 Å². The molecule has 0 aliphatic heterocycles. The van der Waals surface area contributed by atoms with E-state index in [1.165, 1.54) is 0 Å². The largest absolute Gasteiger partial charge is 0.507 e. The summed E-state index contributed by atoms with van der Waals surface area (Å²) in [6.45, 7) is 0.444. The van der Waals surface area contributed by atoms with Crippen LogP contribution in [0.2, 0.25) is 0 Å². The minimum atomic E-state index is 0.0924. The van der Waals surface area contributed by atoms with Crippen LogP contribution in [-0.2, 0) is 6.61 Å². The Hall–Kier alpha value is -3.80. The molecule has 132 valence electrons. The zero-order valence-corrected chi connectivity index (χ0v) is 14.3. The minimum Gasteiger partial charge on any atom is -0.507 e. The van der Waals surface area contributed by atoms with E-state index in [-0.39, 0.29) is 5.75 Å². The molecule has 6 heteroatoms. The lowest BCUT2D eigenvalue weighted by Gasteiger charge is -2.08. The lowest BCUT2D eigenvalue weighted by atomic mass is 10.2. The molecule has 27 heavy (non-hydrogen) atoms. The lowest BCUT2D eigenvalue weighted by Crippen LogP contribution is -1.95. The Bertz CT molecular complexity index is 1190. The molecule has 0 spiro atoms. The highest BCUT2D eigenvalue weighted by molar-refractivity contribution is 5.94. The highest BCUT2D eigenvalue weighted by atomic mass is 16.5. The van der Waals surface area contributed by atoms with E-state index >= 15 is 0 Å². The molecule has 0 aliphatic rings. The Balaban J connectivity index is 1.43. The summed E-state index contributed by atoms with van der Waals surface area (Å²) in [6, 6.07) is 19.0. The summed E-state index contributed by atoms with van der Waals surface area (Å²) in [4.78, 5) is 9.11.